The molecule has 0 aliphatic carbocycles. The average Bonchev–Trinajstić information content (AvgIpc) is 3.19. The Morgan fingerprint density at radius 2 is 2.18 bits per heavy atom. The highest BCUT2D eigenvalue weighted by Gasteiger charge is 2.41. The second-order valence-electron chi connectivity index (χ2n) is 8.07. The summed E-state index contributed by atoms with van der Waals surface area (Å²) in [7, 11) is 1.47. The third kappa shape index (κ3) is 5.27. The predicted molar refractivity (Wildman–Crippen MR) is 117 cm³/mol. The normalized spacial score (nSPS) is 18.1. The number of hydrogen-bond donors (Lipinski definition) is 1. The van der Waals surface area contributed by atoms with E-state index in [2.05, 4.69) is 19.9 Å². The SMILES string of the molecule is COCCC(=O)N1CCC(F)(F)CC1CCc1nc(-c2c[nH]c3ncc(Cl)cc23)ncc1F. The lowest BCUT2D eigenvalue weighted by Crippen LogP contribution is -2.50. The van der Waals surface area contributed by atoms with Gasteiger partial charge in [-0.15, -0.1) is 0 Å². The van der Waals surface area contributed by atoms with Gasteiger partial charge in [-0.1, -0.05) is 11.6 Å². The monoisotopic (exact) mass is 481 g/mol. The molecule has 1 amide bonds. The lowest BCUT2D eigenvalue weighted by Gasteiger charge is -2.39. The zero-order chi connectivity index (χ0) is 23.6. The lowest BCUT2D eigenvalue weighted by molar-refractivity contribution is -0.144. The number of piperidine rings is 1. The van der Waals surface area contributed by atoms with E-state index >= 15 is 0 Å². The van der Waals surface area contributed by atoms with Gasteiger partial charge in [-0.05, 0) is 18.9 Å². The molecule has 1 aliphatic heterocycles. The molecule has 3 aromatic heterocycles. The largest absolute Gasteiger partial charge is 0.384 e. The van der Waals surface area contributed by atoms with Gasteiger partial charge in [0.15, 0.2) is 11.6 Å². The van der Waals surface area contributed by atoms with Crippen LogP contribution in [0.1, 0.15) is 31.4 Å². The molecule has 0 bridgehead atoms. The molecule has 176 valence electrons. The fourth-order valence-electron chi connectivity index (χ4n) is 4.12. The molecule has 3 aromatic rings. The summed E-state index contributed by atoms with van der Waals surface area (Å²) < 4.78 is 47.6. The molecule has 4 rings (SSSR count). The number of fused-ring (bicyclic) bond motifs is 1. The van der Waals surface area contributed by atoms with Gasteiger partial charge in [0.1, 0.15) is 5.65 Å². The maximum atomic E-state index is 14.5. The number of aromatic amines is 1. The molecule has 4 heterocycles. The van der Waals surface area contributed by atoms with E-state index in [1.54, 1.807) is 12.3 Å². The number of aryl methyl sites for hydroxylation is 1. The van der Waals surface area contributed by atoms with Crippen molar-refractivity contribution in [1.82, 2.24) is 24.8 Å². The third-order valence-corrected chi connectivity index (χ3v) is 6.01. The lowest BCUT2D eigenvalue weighted by atomic mass is 9.93. The van der Waals surface area contributed by atoms with E-state index < -0.39 is 24.2 Å². The molecule has 1 unspecified atom stereocenters. The second kappa shape index (κ2) is 9.64. The van der Waals surface area contributed by atoms with Crippen LogP contribution in [0.2, 0.25) is 5.02 Å². The number of likely N-dealkylation sites (tertiary alicyclic amines) is 1. The van der Waals surface area contributed by atoms with Crippen LogP contribution in [0.4, 0.5) is 13.2 Å². The third-order valence-electron chi connectivity index (χ3n) is 5.80. The van der Waals surface area contributed by atoms with Gasteiger partial charge in [-0.2, -0.15) is 0 Å². The number of nitrogens with zero attached hydrogens (tertiary/aromatic N) is 4. The van der Waals surface area contributed by atoms with Gasteiger partial charge in [0.25, 0.3) is 5.92 Å². The summed E-state index contributed by atoms with van der Waals surface area (Å²) >= 11 is 6.04. The number of alkyl halides is 2. The summed E-state index contributed by atoms with van der Waals surface area (Å²) in [6.07, 6.45) is 3.72. The Bertz CT molecular complexity index is 1160. The Labute approximate surface area is 193 Å². The molecule has 7 nitrogen and oxygen atoms in total. The second-order valence-corrected chi connectivity index (χ2v) is 8.51. The number of nitrogens with one attached hydrogen (secondary N) is 1. The van der Waals surface area contributed by atoms with Gasteiger partial charge >= 0.3 is 0 Å². The van der Waals surface area contributed by atoms with Gasteiger partial charge < -0.3 is 14.6 Å². The molecule has 1 atom stereocenters. The van der Waals surface area contributed by atoms with Crippen LogP contribution in [0, 0.1) is 5.82 Å². The first-order chi connectivity index (χ1) is 15.8. The first kappa shape index (κ1) is 23.4. The Hall–Kier alpha value is -2.72. The number of rotatable bonds is 7. The zero-order valence-corrected chi connectivity index (χ0v) is 18.7. The molecule has 1 saturated heterocycles. The van der Waals surface area contributed by atoms with Crippen LogP contribution in [0.3, 0.4) is 0 Å². The first-order valence-corrected chi connectivity index (χ1v) is 11.0. The Balaban J connectivity index is 1.55. The fourth-order valence-corrected chi connectivity index (χ4v) is 4.27. The number of carbonyl (C=O) groups excluding carboxylic acids is 1. The van der Waals surface area contributed by atoms with E-state index in [0.29, 0.717) is 21.6 Å². The molecule has 0 aromatic carbocycles. The number of methoxy groups -OCH3 is 1. The maximum absolute atomic E-state index is 14.5. The van der Waals surface area contributed by atoms with Crippen LogP contribution in [-0.2, 0) is 16.0 Å². The minimum absolute atomic E-state index is 0.0409. The van der Waals surface area contributed by atoms with Crippen molar-refractivity contribution >= 4 is 28.5 Å². The summed E-state index contributed by atoms with van der Waals surface area (Å²) in [5, 5.41) is 1.11. The summed E-state index contributed by atoms with van der Waals surface area (Å²) in [6, 6.07) is 0.988. The van der Waals surface area contributed by atoms with Crippen molar-refractivity contribution in [3.05, 3.63) is 41.2 Å². The van der Waals surface area contributed by atoms with Crippen LogP contribution < -0.4 is 0 Å². The number of carbonyl (C=O) groups is 1. The number of H-pyrrole nitrogens is 1. The molecule has 0 saturated carbocycles. The molecular formula is C22H23ClF3N5O2. The van der Waals surface area contributed by atoms with Gasteiger partial charge in [-0.3, -0.25) is 4.79 Å². The highest BCUT2D eigenvalue weighted by atomic mass is 35.5. The van der Waals surface area contributed by atoms with Crippen molar-refractivity contribution in [2.24, 2.45) is 0 Å². The molecular weight excluding hydrogens is 459 g/mol. The molecule has 1 N–H and O–H groups in total. The van der Waals surface area contributed by atoms with Crippen LogP contribution in [0.15, 0.2) is 24.7 Å². The van der Waals surface area contributed by atoms with Crippen molar-refractivity contribution in [1.29, 1.82) is 0 Å². The van der Waals surface area contributed by atoms with E-state index in [1.807, 2.05) is 0 Å². The van der Waals surface area contributed by atoms with Crippen LogP contribution >= 0.6 is 11.6 Å². The maximum Gasteiger partial charge on any atom is 0.251 e. The minimum Gasteiger partial charge on any atom is -0.384 e. The Morgan fingerprint density at radius 1 is 1.36 bits per heavy atom. The first-order valence-electron chi connectivity index (χ1n) is 10.6. The molecule has 0 spiro atoms. The van der Waals surface area contributed by atoms with Crippen LogP contribution in [-0.4, -0.2) is 63.0 Å². The van der Waals surface area contributed by atoms with Gasteiger partial charge in [0.05, 0.1) is 29.9 Å². The topological polar surface area (TPSA) is 84.0 Å². The summed E-state index contributed by atoms with van der Waals surface area (Å²) in [5.41, 5.74) is 1.28. The zero-order valence-electron chi connectivity index (χ0n) is 18.0. The van der Waals surface area contributed by atoms with Gasteiger partial charge in [-0.25, -0.2) is 28.1 Å². The van der Waals surface area contributed by atoms with Crippen LogP contribution in [0.5, 0.6) is 0 Å². The quantitative estimate of drug-likeness (QED) is 0.540. The molecule has 0 radical (unpaired) electrons. The highest BCUT2D eigenvalue weighted by molar-refractivity contribution is 6.31. The molecule has 1 fully saturated rings. The van der Waals surface area contributed by atoms with Crippen molar-refractivity contribution in [3.8, 4) is 11.4 Å². The van der Waals surface area contributed by atoms with E-state index in [-0.39, 0.29) is 56.3 Å². The minimum atomic E-state index is -2.87. The Morgan fingerprint density at radius 3 is 2.97 bits per heavy atom. The smallest absolute Gasteiger partial charge is 0.251 e. The summed E-state index contributed by atoms with van der Waals surface area (Å²) in [6.45, 7) is 0.173. The van der Waals surface area contributed by atoms with Crippen LogP contribution in [0.25, 0.3) is 22.4 Å². The summed E-state index contributed by atoms with van der Waals surface area (Å²) in [5.74, 6) is -3.48. The number of amides is 1. The van der Waals surface area contributed by atoms with Crippen molar-refractivity contribution in [3.63, 3.8) is 0 Å². The van der Waals surface area contributed by atoms with E-state index in [9.17, 15) is 18.0 Å². The van der Waals surface area contributed by atoms with E-state index in [4.69, 9.17) is 16.3 Å². The summed E-state index contributed by atoms with van der Waals surface area (Å²) in [4.78, 5) is 29.6. The number of hydrogen-bond acceptors (Lipinski definition) is 5. The number of pyridine rings is 1. The number of halogens is 4. The van der Waals surface area contributed by atoms with Crippen molar-refractivity contribution < 1.29 is 22.7 Å². The predicted octanol–water partition coefficient (Wildman–Crippen LogP) is 4.41. The number of aromatic nitrogens is 4. The fraction of sp³-hybridized carbons (Fsp3) is 0.455. The van der Waals surface area contributed by atoms with Gasteiger partial charge in [0.2, 0.25) is 5.91 Å². The number of ether oxygens (including phenoxy) is 1. The molecule has 33 heavy (non-hydrogen) atoms. The van der Waals surface area contributed by atoms with E-state index in [0.717, 1.165) is 6.20 Å². The van der Waals surface area contributed by atoms with Gasteiger partial charge in [0, 0.05) is 55.9 Å². The standard InChI is InChI=1S/C22H23ClF3N5O2/c1-33-7-4-19(32)31-6-5-22(25,26)9-14(31)2-3-18-17(24)12-29-21(30-18)16-11-28-20-15(16)8-13(23)10-27-20/h8,10-12,14H,2-7,9H2,1H3,(H,27,28). The molecule has 1 aliphatic rings. The average molecular weight is 482 g/mol. The van der Waals surface area contributed by atoms with Crippen molar-refractivity contribution in [2.75, 3.05) is 20.3 Å². The Kier molecular flexibility index (Phi) is 6.85. The van der Waals surface area contributed by atoms with Crippen molar-refractivity contribution in [2.45, 2.75) is 44.1 Å². The molecule has 11 heteroatoms. The van der Waals surface area contributed by atoms with E-state index in [1.165, 1.54) is 18.2 Å². The highest BCUT2D eigenvalue weighted by Crippen LogP contribution is 2.34.